The molecule has 1 heterocycles. The Morgan fingerprint density at radius 1 is 1.57 bits per heavy atom. The van der Waals surface area contributed by atoms with Crippen molar-refractivity contribution in [1.82, 2.24) is 4.98 Å². The van der Waals surface area contributed by atoms with Gasteiger partial charge in [-0.05, 0) is 6.07 Å². The van der Waals surface area contributed by atoms with Crippen LogP contribution >= 0.6 is 11.6 Å². The second-order valence-electron chi connectivity index (χ2n) is 2.60. The van der Waals surface area contributed by atoms with Crippen LogP contribution in [-0.4, -0.2) is 11.1 Å². The molecule has 0 aliphatic carbocycles. The number of aliphatic imine (C=N–C) groups is 1. The lowest BCUT2D eigenvalue weighted by atomic mass is 10.2. The van der Waals surface area contributed by atoms with E-state index in [2.05, 4.69) is 9.98 Å². The molecular weight excluding hydrogens is 204 g/mol. The van der Waals surface area contributed by atoms with Crippen molar-refractivity contribution in [2.24, 2.45) is 4.99 Å². The van der Waals surface area contributed by atoms with Gasteiger partial charge in [0.2, 0.25) is 6.08 Å². The summed E-state index contributed by atoms with van der Waals surface area (Å²) in [6.45, 7) is 0. The molecule has 0 atom stereocenters. The maximum Gasteiger partial charge on any atom is 0.333 e. The van der Waals surface area contributed by atoms with Gasteiger partial charge in [-0.15, -0.1) is 16.6 Å². The van der Waals surface area contributed by atoms with Gasteiger partial charge >= 0.3 is 6.01 Å². The SMILES string of the molecule is O=C=Nc1nc2cccc(CCl)c2o1. The van der Waals surface area contributed by atoms with Crippen molar-refractivity contribution in [1.29, 1.82) is 0 Å². The van der Waals surface area contributed by atoms with E-state index in [9.17, 15) is 4.79 Å². The van der Waals surface area contributed by atoms with Crippen molar-refractivity contribution in [2.75, 3.05) is 0 Å². The molecule has 0 bridgehead atoms. The molecule has 14 heavy (non-hydrogen) atoms. The number of hydrogen-bond acceptors (Lipinski definition) is 4. The van der Waals surface area contributed by atoms with Gasteiger partial charge in [-0.1, -0.05) is 12.1 Å². The lowest BCUT2D eigenvalue weighted by Crippen LogP contribution is -1.77. The van der Waals surface area contributed by atoms with E-state index in [1.54, 1.807) is 6.07 Å². The van der Waals surface area contributed by atoms with Gasteiger partial charge in [0.15, 0.2) is 5.58 Å². The van der Waals surface area contributed by atoms with Crippen LogP contribution in [0.15, 0.2) is 27.6 Å². The molecule has 1 aromatic heterocycles. The first kappa shape index (κ1) is 8.94. The molecule has 0 aliphatic heterocycles. The Morgan fingerprint density at radius 2 is 2.43 bits per heavy atom. The zero-order valence-electron chi connectivity index (χ0n) is 7.03. The van der Waals surface area contributed by atoms with E-state index in [1.807, 2.05) is 12.1 Å². The number of hydrogen-bond donors (Lipinski definition) is 0. The summed E-state index contributed by atoms with van der Waals surface area (Å²) < 4.78 is 5.21. The number of aromatic nitrogens is 1. The summed E-state index contributed by atoms with van der Waals surface area (Å²) in [4.78, 5) is 17.2. The molecule has 0 aliphatic rings. The predicted molar refractivity (Wildman–Crippen MR) is 51.3 cm³/mol. The van der Waals surface area contributed by atoms with Gasteiger partial charge in [-0.25, -0.2) is 4.79 Å². The molecule has 0 N–H and O–H groups in total. The Balaban J connectivity index is 2.69. The Labute approximate surface area is 84.2 Å². The van der Waals surface area contributed by atoms with E-state index < -0.39 is 0 Å². The van der Waals surface area contributed by atoms with Crippen molar-refractivity contribution >= 4 is 34.8 Å². The molecule has 2 aromatic rings. The van der Waals surface area contributed by atoms with Crippen molar-refractivity contribution in [3.63, 3.8) is 0 Å². The largest absolute Gasteiger partial charge is 0.421 e. The highest BCUT2D eigenvalue weighted by atomic mass is 35.5. The van der Waals surface area contributed by atoms with E-state index >= 15 is 0 Å². The number of carbonyl (C=O) groups excluding carboxylic acids is 1. The molecule has 70 valence electrons. The summed E-state index contributed by atoms with van der Waals surface area (Å²) in [5.41, 5.74) is 2.03. The molecule has 5 heteroatoms. The Hall–Kier alpha value is -1.64. The van der Waals surface area contributed by atoms with Crippen LogP contribution in [0.25, 0.3) is 11.1 Å². The fourth-order valence-corrected chi connectivity index (χ4v) is 1.40. The second-order valence-corrected chi connectivity index (χ2v) is 2.87. The van der Waals surface area contributed by atoms with Crippen LogP contribution in [0.4, 0.5) is 6.01 Å². The van der Waals surface area contributed by atoms with Crippen molar-refractivity contribution < 1.29 is 9.21 Å². The van der Waals surface area contributed by atoms with Crippen molar-refractivity contribution in [3.05, 3.63) is 23.8 Å². The highest BCUT2D eigenvalue weighted by molar-refractivity contribution is 6.17. The normalized spacial score (nSPS) is 10.1. The highest BCUT2D eigenvalue weighted by Crippen LogP contribution is 2.24. The van der Waals surface area contributed by atoms with Crippen LogP contribution in [0.5, 0.6) is 0 Å². The first-order valence-electron chi connectivity index (χ1n) is 3.87. The van der Waals surface area contributed by atoms with Crippen LogP contribution < -0.4 is 0 Å². The molecule has 2 rings (SSSR count). The number of alkyl halides is 1. The van der Waals surface area contributed by atoms with E-state index in [-0.39, 0.29) is 6.01 Å². The zero-order valence-corrected chi connectivity index (χ0v) is 7.78. The Bertz CT molecular complexity index is 515. The highest BCUT2D eigenvalue weighted by Gasteiger charge is 2.07. The van der Waals surface area contributed by atoms with Gasteiger partial charge < -0.3 is 4.42 Å². The number of halogens is 1. The predicted octanol–water partition coefficient (Wildman–Crippen LogP) is 2.53. The summed E-state index contributed by atoms with van der Waals surface area (Å²) in [6.07, 6.45) is 1.37. The van der Waals surface area contributed by atoms with Crippen LogP contribution in [0, 0.1) is 0 Å². The molecular formula is C9H5ClN2O2. The monoisotopic (exact) mass is 208 g/mol. The second kappa shape index (κ2) is 3.62. The van der Waals surface area contributed by atoms with Crippen LogP contribution in [0.1, 0.15) is 5.56 Å². The van der Waals surface area contributed by atoms with Crippen molar-refractivity contribution in [3.8, 4) is 0 Å². The minimum absolute atomic E-state index is 0.00701. The van der Waals surface area contributed by atoms with Gasteiger partial charge in [0.1, 0.15) is 5.52 Å². The molecule has 0 saturated heterocycles. The van der Waals surface area contributed by atoms with E-state index in [0.29, 0.717) is 17.0 Å². The molecule has 0 spiro atoms. The minimum atomic E-state index is 0.00701. The molecule has 0 saturated carbocycles. The zero-order chi connectivity index (χ0) is 9.97. The van der Waals surface area contributed by atoms with Crippen LogP contribution in [0.3, 0.4) is 0 Å². The molecule has 1 aromatic carbocycles. The summed E-state index contributed by atoms with van der Waals surface area (Å²) in [5.74, 6) is 0.330. The van der Waals surface area contributed by atoms with Gasteiger partial charge in [-0.2, -0.15) is 4.98 Å². The number of para-hydroxylation sites is 1. The number of rotatable bonds is 2. The number of nitrogens with zero attached hydrogens (tertiary/aromatic N) is 2. The first-order valence-corrected chi connectivity index (χ1v) is 4.41. The third-order valence-corrected chi connectivity index (χ3v) is 2.06. The third kappa shape index (κ3) is 1.41. The maximum absolute atomic E-state index is 9.99. The topological polar surface area (TPSA) is 55.5 Å². The standard InChI is InChI=1S/C9H5ClN2O2/c10-4-6-2-1-3-7-8(6)14-9(12-7)11-5-13/h1-3H,4H2. The molecule has 0 fully saturated rings. The van der Waals surface area contributed by atoms with Gasteiger partial charge in [0.25, 0.3) is 0 Å². The van der Waals surface area contributed by atoms with E-state index in [0.717, 1.165) is 5.56 Å². The average molecular weight is 209 g/mol. The lowest BCUT2D eigenvalue weighted by Gasteiger charge is -1.92. The van der Waals surface area contributed by atoms with Gasteiger partial charge in [0.05, 0.1) is 5.88 Å². The number of isocyanates is 1. The quantitative estimate of drug-likeness (QED) is 0.433. The first-order chi connectivity index (χ1) is 6.85. The number of fused-ring (bicyclic) bond motifs is 1. The third-order valence-electron chi connectivity index (χ3n) is 1.77. The van der Waals surface area contributed by atoms with E-state index in [4.69, 9.17) is 16.0 Å². The van der Waals surface area contributed by atoms with Gasteiger partial charge in [0, 0.05) is 5.56 Å². The summed E-state index contributed by atoms with van der Waals surface area (Å²) >= 11 is 5.70. The maximum atomic E-state index is 9.99. The van der Waals surface area contributed by atoms with Crippen molar-refractivity contribution in [2.45, 2.75) is 5.88 Å². The van der Waals surface area contributed by atoms with E-state index in [1.165, 1.54) is 6.08 Å². The summed E-state index contributed by atoms with van der Waals surface area (Å²) in [5, 5.41) is 0. The Morgan fingerprint density at radius 3 is 3.14 bits per heavy atom. The average Bonchev–Trinajstić information content (AvgIpc) is 2.60. The minimum Gasteiger partial charge on any atom is -0.421 e. The molecule has 0 amide bonds. The number of benzene rings is 1. The molecule has 0 unspecified atom stereocenters. The summed E-state index contributed by atoms with van der Waals surface area (Å²) in [7, 11) is 0. The fraction of sp³-hybridized carbons (Fsp3) is 0.111. The van der Waals surface area contributed by atoms with Crippen LogP contribution in [-0.2, 0) is 10.7 Å². The fourth-order valence-electron chi connectivity index (χ4n) is 1.19. The smallest absolute Gasteiger partial charge is 0.333 e. The molecule has 4 nitrogen and oxygen atoms in total. The Kier molecular flexibility index (Phi) is 2.31. The number of oxazole rings is 1. The van der Waals surface area contributed by atoms with Gasteiger partial charge in [-0.3, -0.25) is 0 Å². The lowest BCUT2D eigenvalue weighted by molar-refractivity contribution is 0.559. The molecule has 0 radical (unpaired) electrons. The van der Waals surface area contributed by atoms with Crippen LogP contribution in [0.2, 0.25) is 0 Å². The summed E-state index contributed by atoms with van der Waals surface area (Å²) in [6, 6.07) is 5.41.